The van der Waals surface area contributed by atoms with Gasteiger partial charge in [-0.05, 0) is 50.5 Å². The Bertz CT molecular complexity index is 676. The second-order valence-corrected chi connectivity index (χ2v) is 6.39. The highest BCUT2D eigenvalue weighted by Gasteiger charge is 2.08. The lowest BCUT2D eigenvalue weighted by Gasteiger charge is -2.12. The van der Waals surface area contributed by atoms with Gasteiger partial charge in [0.15, 0.2) is 0 Å². The van der Waals surface area contributed by atoms with Gasteiger partial charge in [0.05, 0.1) is 23.3 Å². The van der Waals surface area contributed by atoms with Crippen molar-refractivity contribution in [3.05, 3.63) is 83.9 Å². The summed E-state index contributed by atoms with van der Waals surface area (Å²) in [5, 5.41) is 35.0. The molecule has 0 aliphatic rings. The standard InChI is InChI=1S/C9H18O2.2C7H6O2/c1-4-7(2)5-9(11)6-8(3)10;2*8-7(9)6-4-2-1-3-5-6/h8-11H,2,4-6H2,1,3H3;2*1-5H,(H,8,9). The van der Waals surface area contributed by atoms with Gasteiger partial charge in [-0.15, -0.1) is 0 Å². The topological polar surface area (TPSA) is 115 Å². The molecule has 0 saturated carbocycles. The van der Waals surface area contributed by atoms with Crippen LogP contribution in [-0.2, 0) is 0 Å². The minimum absolute atomic E-state index is 0.331. The van der Waals surface area contributed by atoms with E-state index in [9.17, 15) is 14.7 Å². The Hall–Kier alpha value is -2.96. The fourth-order valence-corrected chi connectivity index (χ4v) is 2.12. The Morgan fingerprint density at radius 1 is 0.862 bits per heavy atom. The van der Waals surface area contributed by atoms with E-state index in [1.54, 1.807) is 67.6 Å². The Kier molecular flexibility index (Phi) is 13.5. The summed E-state index contributed by atoms with van der Waals surface area (Å²) in [6, 6.07) is 16.6. The first-order chi connectivity index (χ1) is 13.7. The van der Waals surface area contributed by atoms with Crippen LogP contribution in [0.1, 0.15) is 53.8 Å². The molecule has 0 bridgehead atoms. The fraction of sp³-hybridized carbons (Fsp3) is 0.304. The first-order valence-electron chi connectivity index (χ1n) is 9.26. The van der Waals surface area contributed by atoms with E-state index >= 15 is 0 Å². The van der Waals surface area contributed by atoms with Crippen molar-refractivity contribution in [2.45, 2.75) is 45.3 Å². The number of aliphatic hydroxyl groups excluding tert-OH is 2. The van der Waals surface area contributed by atoms with Gasteiger partial charge in [-0.25, -0.2) is 9.59 Å². The molecular weight excluding hydrogens is 372 g/mol. The Labute approximate surface area is 171 Å². The molecule has 0 fully saturated rings. The van der Waals surface area contributed by atoms with Crippen molar-refractivity contribution in [3.63, 3.8) is 0 Å². The van der Waals surface area contributed by atoms with Gasteiger partial charge in [0.2, 0.25) is 0 Å². The molecule has 0 aromatic heterocycles. The van der Waals surface area contributed by atoms with Crippen molar-refractivity contribution in [2.75, 3.05) is 0 Å². The second kappa shape index (κ2) is 15.0. The van der Waals surface area contributed by atoms with E-state index in [2.05, 4.69) is 6.58 Å². The van der Waals surface area contributed by atoms with Gasteiger partial charge in [-0.2, -0.15) is 0 Å². The zero-order chi connectivity index (χ0) is 22.2. The van der Waals surface area contributed by atoms with Crippen molar-refractivity contribution in [2.24, 2.45) is 0 Å². The van der Waals surface area contributed by atoms with Gasteiger partial charge >= 0.3 is 11.9 Å². The van der Waals surface area contributed by atoms with Crippen molar-refractivity contribution in [3.8, 4) is 0 Å². The quantitative estimate of drug-likeness (QED) is 0.515. The van der Waals surface area contributed by atoms with Gasteiger partial charge in [0.1, 0.15) is 0 Å². The zero-order valence-corrected chi connectivity index (χ0v) is 16.9. The first kappa shape index (κ1) is 26.0. The van der Waals surface area contributed by atoms with Crippen LogP contribution >= 0.6 is 0 Å². The summed E-state index contributed by atoms with van der Waals surface area (Å²) in [6.45, 7) is 7.47. The number of hydrogen-bond acceptors (Lipinski definition) is 4. The summed E-state index contributed by atoms with van der Waals surface area (Å²) in [4.78, 5) is 20.4. The number of carboxylic acid groups (broad SMARTS) is 2. The van der Waals surface area contributed by atoms with Crippen LogP contribution in [0.3, 0.4) is 0 Å². The summed E-state index contributed by atoms with van der Waals surface area (Å²) < 4.78 is 0. The molecule has 0 amide bonds. The fourth-order valence-electron chi connectivity index (χ4n) is 2.12. The molecule has 2 rings (SSSR count). The largest absolute Gasteiger partial charge is 0.478 e. The van der Waals surface area contributed by atoms with E-state index in [1.807, 2.05) is 6.92 Å². The highest BCUT2D eigenvalue weighted by atomic mass is 16.4. The molecule has 0 spiro atoms. The molecule has 2 atom stereocenters. The second-order valence-electron chi connectivity index (χ2n) is 6.39. The number of rotatable bonds is 7. The van der Waals surface area contributed by atoms with E-state index in [4.69, 9.17) is 15.3 Å². The average molecular weight is 402 g/mol. The predicted octanol–water partition coefficient (Wildman–Crippen LogP) is 4.24. The highest BCUT2D eigenvalue weighted by molar-refractivity contribution is 5.87. The van der Waals surface area contributed by atoms with Crippen LogP contribution in [0, 0.1) is 0 Å². The van der Waals surface area contributed by atoms with Gasteiger partial charge in [0, 0.05) is 0 Å². The molecule has 0 aliphatic carbocycles. The normalized spacial score (nSPS) is 11.6. The van der Waals surface area contributed by atoms with Gasteiger partial charge < -0.3 is 20.4 Å². The maximum Gasteiger partial charge on any atom is 0.335 e. The van der Waals surface area contributed by atoms with Crippen LogP contribution in [0.4, 0.5) is 0 Å². The monoisotopic (exact) mass is 402 g/mol. The Morgan fingerprint density at radius 2 is 1.24 bits per heavy atom. The van der Waals surface area contributed by atoms with Gasteiger partial charge in [-0.1, -0.05) is 55.5 Å². The van der Waals surface area contributed by atoms with Crippen molar-refractivity contribution in [1.29, 1.82) is 0 Å². The van der Waals surface area contributed by atoms with Crippen LogP contribution in [0.5, 0.6) is 0 Å². The lowest BCUT2D eigenvalue weighted by Crippen LogP contribution is -2.15. The summed E-state index contributed by atoms with van der Waals surface area (Å²) in [5.41, 5.74) is 1.70. The summed E-state index contributed by atoms with van der Waals surface area (Å²) in [7, 11) is 0. The summed E-state index contributed by atoms with van der Waals surface area (Å²) in [5.74, 6) is -1.76. The maximum atomic E-state index is 10.2. The molecule has 0 radical (unpaired) electrons. The number of hydrogen-bond donors (Lipinski definition) is 4. The Balaban J connectivity index is 0.000000408. The third-order valence-electron chi connectivity index (χ3n) is 3.68. The predicted molar refractivity (Wildman–Crippen MR) is 113 cm³/mol. The number of carboxylic acids is 2. The molecule has 2 aromatic carbocycles. The molecule has 4 N–H and O–H groups in total. The van der Waals surface area contributed by atoms with Gasteiger partial charge in [0.25, 0.3) is 0 Å². The summed E-state index contributed by atoms with van der Waals surface area (Å²) >= 11 is 0. The molecule has 0 heterocycles. The molecule has 0 aliphatic heterocycles. The van der Waals surface area contributed by atoms with Crippen LogP contribution in [0.25, 0.3) is 0 Å². The van der Waals surface area contributed by atoms with E-state index in [0.29, 0.717) is 24.0 Å². The molecular formula is C23H30O6. The lowest BCUT2D eigenvalue weighted by atomic mass is 10.0. The SMILES string of the molecule is C=C(CC)CC(O)CC(C)O.O=C(O)c1ccccc1.O=C(O)c1ccccc1. The number of carbonyl (C=O) groups is 2. The molecule has 2 aromatic rings. The minimum Gasteiger partial charge on any atom is -0.478 e. The smallest absolute Gasteiger partial charge is 0.335 e. The number of aliphatic hydroxyl groups is 2. The van der Waals surface area contributed by atoms with Crippen molar-refractivity contribution >= 4 is 11.9 Å². The average Bonchev–Trinajstić information content (AvgIpc) is 2.69. The molecule has 6 heteroatoms. The number of aromatic carboxylic acids is 2. The van der Waals surface area contributed by atoms with E-state index in [1.165, 1.54) is 0 Å². The van der Waals surface area contributed by atoms with E-state index < -0.39 is 24.1 Å². The van der Waals surface area contributed by atoms with Crippen LogP contribution < -0.4 is 0 Å². The van der Waals surface area contributed by atoms with E-state index in [0.717, 1.165) is 12.0 Å². The molecule has 158 valence electrons. The van der Waals surface area contributed by atoms with Crippen LogP contribution in [0.15, 0.2) is 72.8 Å². The van der Waals surface area contributed by atoms with Crippen molar-refractivity contribution < 1.29 is 30.0 Å². The first-order valence-corrected chi connectivity index (χ1v) is 9.26. The maximum absolute atomic E-state index is 10.2. The molecule has 0 saturated heterocycles. The highest BCUT2D eigenvalue weighted by Crippen LogP contribution is 2.10. The van der Waals surface area contributed by atoms with E-state index in [-0.39, 0.29) is 0 Å². The minimum atomic E-state index is -0.879. The third kappa shape index (κ3) is 13.8. The third-order valence-corrected chi connectivity index (χ3v) is 3.68. The molecule has 6 nitrogen and oxygen atoms in total. The summed E-state index contributed by atoms with van der Waals surface area (Å²) in [6.07, 6.45) is 1.11. The van der Waals surface area contributed by atoms with Gasteiger partial charge in [-0.3, -0.25) is 0 Å². The van der Waals surface area contributed by atoms with Crippen LogP contribution in [0.2, 0.25) is 0 Å². The molecule has 29 heavy (non-hydrogen) atoms. The zero-order valence-electron chi connectivity index (χ0n) is 16.9. The number of benzene rings is 2. The molecule has 2 unspecified atom stereocenters. The Morgan fingerprint density at radius 3 is 1.48 bits per heavy atom. The lowest BCUT2D eigenvalue weighted by molar-refractivity contribution is 0.0686. The van der Waals surface area contributed by atoms with Crippen LogP contribution in [-0.4, -0.2) is 44.6 Å². The van der Waals surface area contributed by atoms with Crippen molar-refractivity contribution in [1.82, 2.24) is 0 Å².